The quantitative estimate of drug-likeness (QED) is 0.171. The lowest BCUT2D eigenvalue weighted by atomic mass is 9.92. The molecule has 3 heteroatoms. The summed E-state index contributed by atoms with van der Waals surface area (Å²) in [4.78, 5) is 10.3. The maximum atomic E-state index is 6.62. The van der Waals surface area contributed by atoms with Crippen molar-refractivity contribution < 1.29 is 4.42 Å². The molecule has 3 nitrogen and oxygen atoms in total. The normalized spacial score (nSPS) is 11.5. The molecule has 2 heterocycles. The van der Waals surface area contributed by atoms with Gasteiger partial charge < -0.3 is 4.42 Å². The third-order valence-corrected chi connectivity index (χ3v) is 11.1. The highest BCUT2D eigenvalue weighted by Crippen LogP contribution is 2.42. The largest absolute Gasteiger partial charge is 0.455 e. The van der Waals surface area contributed by atoms with Gasteiger partial charge in [0, 0.05) is 32.8 Å². The molecule has 0 fully saturated rings. The van der Waals surface area contributed by atoms with Gasteiger partial charge in [0.15, 0.2) is 5.82 Å². The lowest BCUT2D eigenvalue weighted by Crippen LogP contribution is -1.96. The molecular formula is C54H34N2O. The number of aromatic nitrogens is 2. The topological polar surface area (TPSA) is 38.9 Å². The Morgan fingerprint density at radius 3 is 1.67 bits per heavy atom. The van der Waals surface area contributed by atoms with E-state index < -0.39 is 0 Å². The zero-order valence-electron chi connectivity index (χ0n) is 30.9. The Kier molecular flexibility index (Phi) is 7.82. The zero-order valence-corrected chi connectivity index (χ0v) is 30.9. The minimum absolute atomic E-state index is 0.687. The number of hydrogen-bond acceptors (Lipinski definition) is 3. The van der Waals surface area contributed by atoms with Crippen molar-refractivity contribution in [2.45, 2.75) is 0 Å². The van der Waals surface area contributed by atoms with Crippen molar-refractivity contribution in [1.29, 1.82) is 0 Å². The molecule has 0 aliphatic rings. The van der Waals surface area contributed by atoms with E-state index >= 15 is 0 Å². The van der Waals surface area contributed by atoms with Crippen LogP contribution in [0, 0.1) is 0 Å². The van der Waals surface area contributed by atoms with Crippen molar-refractivity contribution >= 4 is 43.5 Å². The van der Waals surface area contributed by atoms with Crippen LogP contribution < -0.4 is 0 Å². The Bertz CT molecular complexity index is 3270. The second kappa shape index (κ2) is 13.6. The van der Waals surface area contributed by atoms with Crippen molar-refractivity contribution in [2.24, 2.45) is 0 Å². The summed E-state index contributed by atoms with van der Waals surface area (Å²) >= 11 is 0. The Hall–Kier alpha value is -7.62. The fourth-order valence-electron chi connectivity index (χ4n) is 8.24. The van der Waals surface area contributed by atoms with E-state index in [1.165, 1.54) is 32.8 Å². The molecule has 57 heavy (non-hydrogen) atoms. The summed E-state index contributed by atoms with van der Waals surface area (Å²) in [5.41, 5.74) is 13.6. The summed E-state index contributed by atoms with van der Waals surface area (Å²) in [6, 6.07) is 72.7. The van der Waals surface area contributed by atoms with Crippen LogP contribution in [0.5, 0.6) is 0 Å². The molecule has 0 bridgehead atoms. The zero-order chi connectivity index (χ0) is 37.7. The molecule has 0 aliphatic carbocycles. The average molecular weight is 727 g/mol. The lowest BCUT2D eigenvalue weighted by molar-refractivity contribution is 0.673. The molecule has 0 amide bonds. The number of rotatable bonds is 6. The van der Waals surface area contributed by atoms with Crippen molar-refractivity contribution in [1.82, 2.24) is 9.97 Å². The molecule has 266 valence electrons. The van der Waals surface area contributed by atoms with E-state index in [1.807, 2.05) is 12.1 Å². The van der Waals surface area contributed by atoms with Crippen molar-refractivity contribution in [3.63, 3.8) is 0 Å². The van der Waals surface area contributed by atoms with E-state index in [4.69, 9.17) is 14.4 Å². The molecule has 9 aromatic carbocycles. The van der Waals surface area contributed by atoms with Gasteiger partial charge in [-0.2, -0.15) is 0 Å². The fraction of sp³-hybridized carbons (Fsp3) is 0. The van der Waals surface area contributed by atoms with Crippen LogP contribution in [0.2, 0.25) is 0 Å². The van der Waals surface area contributed by atoms with Gasteiger partial charge in [0.2, 0.25) is 0 Å². The Morgan fingerprint density at radius 2 is 0.860 bits per heavy atom. The van der Waals surface area contributed by atoms with E-state index in [9.17, 15) is 0 Å². The maximum absolute atomic E-state index is 6.62. The van der Waals surface area contributed by atoms with E-state index in [2.05, 4.69) is 194 Å². The maximum Gasteiger partial charge on any atom is 0.160 e. The smallest absolute Gasteiger partial charge is 0.160 e. The van der Waals surface area contributed by atoms with Gasteiger partial charge in [0.05, 0.1) is 11.4 Å². The van der Waals surface area contributed by atoms with Crippen LogP contribution in [0.15, 0.2) is 211 Å². The molecule has 0 saturated carbocycles. The van der Waals surface area contributed by atoms with Gasteiger partial charge in [-0.3, -0.25) is 0 Å². The van der Waals surface area contributed by atoms with Crippen LogP contribution in [0.1, 0.15) is 0 Å². The van der Waals surface area contributed by atoms with Crippen molar-refractivity contribution in [3.8, 4) is 67.3 Å². The van der Waals surface area contributed by atoms with Gasteiger partial charge in [0.1, 0.15) is 11.2 Å². The van der Waals surface area contributed by atoms with E-state index in [1.54, 1.807) is 0 Å². The summed E-state index contributed by atoms with van der Waals surface area (Å²) in [5, 5.41) is 6.97. The molecule has 0 atom stereocenters. The number of furan rings is 1. The number of fused-ring (bicyclic) bond motifs is 6. The van der Waals surface area contributed by atoms with Gasteiger partial charge in [-0.05, 0) is 79.9 Å². The summed E-state index contributed by atoms with van der Waals surface area (Å²) in [6.07, 6.45) is 0. The highest BCUT2D eigenvalue weighted by atomic mass is 16.3. The van der Waals surface area contributed by atoms with Gasteiger partial charge in [-0.15, -0.1) is 0 Å². The SMILES string of the molecule is c1ccc(-c2cccc(-c3cc(-c4ccccc4)nc(-c4ccc(-c5ccc6oc7c8ccccc8c(-c8cccc9ccccc89)cc7c6c5)cc4)n3)c2)cc1. The van der Waals surface area contributed by atoms with Crippen LogP contribution >= 0.6 is 0 Å². The second-order valence-corrected chi connectivity index (χ2v) is 14.5. The molecule has 0 radical (unpaired) electrons. The lowest BCUT2D eigenvalue weighted by Gasteiger charge is -2.11. The van der Waals surface area contributed by atoms with Crippen LogP contribution in [0.4, 0.5) is 0 Å². The Labute approximate surface area is 330 Å². The van der Waals surface area contributed by atoms with Crippen LogP contribution in [0.25, 0.3) is 111 Å². The highest BCUT2D eigenvalue weighted by Gasteiger charge is 2.17. The summed E-state index contributed by atoms with van der Waals surface area (Å²) in [6.45, 7) is 0. The first-order valence-corrected chi connectivity index (χ1v) is 19.3. The molecule has 2 aromatic heterocycles. The minimum atomic E-state index is 0.687. The number of hydrogen-bond donors (Lipinski definition) is 0. The van der Waals surface area contributed by atoms with Gasteiger partial charge in [0.25, 0.3) is 0 Å². The summed E-state index contributed by atoms with van der Waals surface area (Å²) in [5.74, 6) is 0.687. The predicted molar refractivity (Wildman–Crippen MR) is 237 cm³/mol. The first kappa shape index (κ1) is 32.8. The first-order chi connectivity index (χ1) is 28.2. The van der Waals surface area contributed by atoms with Crippen LogP contribution in [-0.4, -0.2) is 9.97 Å². The van der Waals surface area contributed by atoms with Crippen molar-refractivity contribution in [3.05, 3.63) is 206 Å². The van der Waals surface area contributed by atoms with Gasteiger partial charge >= 0.3 is 0 Å². The number of nitrogens with zero attached hydrogens (tertiary/aromatic N) is 2. The van der Waals surface area contributed by atoms with E-state index in [-0.39, 0.29) is 0 Å². The molecule has 0 spiro atoms. The highest BCUT2D eigenvalue weighted by molar-refractivity contribution is 6.21. The van der Waals surface area contributed by atoms with E-state index in [0.717, 1.165) is 72.1 Å². The van der Waals surface area contributed by atoms with Crippen LogP contribution in [-0.2, 0) is 0 Å². The summed E-state index contributed by atoms with van der Waals surface area (Å²) in [7, 11) is 0. The minimum Gasteiger partial charge on any atom is -0.455 e. The summed E-state index contributed by atoms with van der Waals surface area (Å²) < 4.78 is 6.62. The molecular weight excluding hydrogens is 693 g/mol. The molecule has 0 saturated heterocycles. The Balaban J connectivity index is 1.00. The van der Waals surface area contributed by atoms with Crippen LogP contribution in [0.3, 0.4) is 0 Å². The first-order valence-electron chi connectivity index (χ1n) is 19.3. The second-order valence-electron chi connectivity index (χ2n) is 14.5. The van der Waals surface area contributed by atoms with Gasteiger partial charge in [-0.25, -0.2) is 9.97 Å². The van der Waals surface area contributed by atoms with Gasteiger partial charge in [-0.1, -0.05) is 176 Å². The third-order valence-electron chi connectivity index (χ3n) is 11.1. The van der Waals surface area contributed by atoms with Crippen molar-refractivity contribution in [2.75, 3.05) is 0 Å². The fourth-order valence-corrected chi connectivity index (χ4v) is 8.24. The average Bonchev–Trinajstić information content (AvgIpc) is 3.67. The Morgan fingerprint density at radius 1 is 0.298 bits per heavy atom. The number of benzene rings is 9. The molecule has 11 rings (SSSR count). The third kappa shape index (κ3) is 5.85. The molecule has 11 aromatic rings. The van der Waals surface area contributed by atoms with E-state index in [0.29, 0.717) is 5.82 Å². The monoisotopic (exact) mass is 726 g/mol. The molecule has 0 unspecified atom stereocenters. The molecule has 0 N–H and O–H groups in total. The molecule has 0 aliphatic heterocycles. The standard InChI is InChI=1S/C54H34N2O/c1-3-13-35(14-4-1)40-19-11-20-42(31-40)51-34-50(38-16-5-2-6-17-38)55-54(56-51)39-27-25-36(26-28-39)41-29-30-52-48(32-41)49-33-47(45-22-9-10-23-46(45)53(49)57-52)44-24-12-18-37-15-7-8-21-43(37)44/h1-34H. The predicted octanol–water partition coefficient (Wildman–Crippen LogP) is 14.7.